The van der Waals surface area contributed by atoms with Crippen LogP contribution < -0.4 is 10.6 Å². The van der Waals surface area contributed by atoms with E-state index >= 15 is 0 Å². The van der Waals surface area contributed by atoms with Gasteiger partial charge in [-0.2, -0.15) is 0 Å². The third-order valence-corrected chi connectivity index (χ3v) is 3.55. The van der Waals surface area contributed by atoms with E-state index in [1.807, 2.05) is 6.92 Å². The third kappa shape index (κ3) is 4.97. The van der Waals surface area contributed by atoms with Gasteiger partial charge in [-0.1, -0.05) is 19.3 Å². The van der Waals surface area contributed by atoms with Crippen molar-refractivity contribution >= 4 is 5.91 Å². The Morgan fingerprint density at radius 1 is 1.31 bits per heavy atom. The van der Waals surface area contributed by atoms with E-state index in [0.717, 1.165) is 19.0 Å². The van der Waals surface area contributed by atoms with E-state index in [1.165, 1.54) is 32.1 Å². The molecule has 3 nitrogen and oxygen atoms in total. The fourth-order valence-corrected chi connectivity index (χ4v) is 2.50. The molecule has 16 heavy (non-hydrogen) atoms. The van der Waals surface area contributed by atoms with Gasteiger partial charge in [-0.3, -0.25) is 4.79 Å². The summed E-state index contributed by atoms with van der Waals surface area (Å²) in [7, 11) is 0. The monoisotopic (exact) mass is 226 g/mol. The largest absolute Gasteiger partial charge is 0.356 e. The standard InChI is InChI=1S/C13H26N2O/c1-3-14-13(16)9-10-15-11(2)12-7-5-4-6-8-12/h11-12,15H,3-10H2,1-2H3,(H,14,16)/t11-/m0/s1. The van der Waals surface area contributed by atoms with E-state index in [-0.39, 0.29) is 5.91 Å². The maximum absolute atomic E-state index is 11.2. The Balaban J connectivity index is 2.09. The lowest BCUT2D eigenvalue weighted by Crippen LogP contribution is -2.37. The van der Waals surface area contributed by atoms with Crippen molar-refractivity contribution in [2.75, 3.05) is 13.1 Å². The van der Waals surface area contributed by atoms with Gasteiger partial charge in [0.05, 0.1) is 0 Å². The Hall–Kier alpha value is -0.570. The molecule has 0 bridgehead atoms. The van der Waals surface area contributed by atoms with Gasteiger partial charge in [0.1, 0.15) is 0 Å². The molecule has 3 heteroatoms. The number of amides is 1. The molecular weight excluding hydrogens is 200 g/mol. The van der Waals surface area contributed by atoms with Crippen molar-refractivity contribution in [3.8, 4) is 0 Å². The molecule has 2 N–H and O–H groups in total. The summed E-state index contributed by atoms with van der Waals surface area (Å²) in [6.07, 6.45) is 7.48. The van der Waals surface area contributed by atoms with Crippen molar-refractivity contribution in [1.82, 2.24) is 10.6 Å². The Kier molecular flexibility index (Phi) is 6.46. The summed E-state index contributed by atoms with van der Waals surface area (Å²) in [5.74, 6) is 0.980. The molecule has 94 valence electrons. The zero-order valence-corrected chi connectivity index (χ0v) is 10.7. The highest BCUT2D eigenvalue weighted by Crippen LogP contribution is 2.26. The van der Waals surface area contributed by atoms with E-state index < -0.39 is 0 Å². The summed E-state index contributed by atoms with van der Waals surface area (Å²) in [4.78, 5) is 11.2. The second-order valence-corrected chi connectivity index (χ2v) is 4.84. The van der Waals surface area contributed by atoms with Crippen LogP contribution in [0.4, 0.5) is 0 Å². The first-order chi connectivity index (χ1) is 7.74. The molecule has 0 spiro atoms. The van der Waals surface area contributed by atoms with E-state index in [1.54, 1.807) is 0 Å². The molecule has 0 saturated heterocycles. The molecule has 1 aliphatic rings. The Morgan fingerprint density at radius 2 is 2.00 bits per heavy atom. The zero-order chi connectivity index (χ0) is 11.8. The molecule has 1 atom stereocenters. The maximum atomic E-state index is 11.2. The lowest BCUT2D eigenvalue weighted by molar-refractivity contribution is -0.120. The van der Waals surface area contributed by atoms with Gasteiger partial charge in [0.15, 0.2) is 0 Å². The van der Waals surface area contributed by atoms with Crippen molar-refractivity contribution < 1.29 is 4.79 Å². The zero-order valence-electron chi connectivity index (χ0n) is 10.7. The van der Waals surface area contributed by atoms with Crippen LogP contribution in [-0.2, 0) is 4.79 Å². The second kappa shape index (κ2) is 7.66. The van der Waals surface area contributed by atoms with Crippen LogP contribution in [-0.4, -0.2) is 25.0 Å². The van der Waals surface area contributed by atoms with Crippen LogP contribution in [0.1, 0.15) is 52.4 Å². The van der Waals surface area contributed by atoms with Gasteiger partial charge in [0.25, 0.3) is 0 Å². The van der Waals surface area contributed by atoms with Crippen molar-refractivity contribution in [2.45, 2.75) is 58.4 Å². The van der Waals surface area contributed by atoms with E-state index in [0.29, 0.717) is 12.5 Å². The van der Waals surface area contributed by atoms with Gasteiger partial charge in [0.2, 0.25) is 5.91 Å². The molecule has 0 radical (unpaired) electrons. The second-order valence-electron chi connectivity index (χ2n) is 4.84. The summed E-state index contributed by atoms with van der Waals surface area (Å²) in [5.41, 5.74) is 0. The average molecular weight is 226 g/mol. The fraction of sp³-hybridized carbons (Fsp3) is 0.923. The molecule has 0 unspecified atom stereocenters. The van der Waals surface area contributed by atoms with E-state index in [2.05, 4.69) is 17.6 Å². The van der Waals surface area contributed by atoms with Crippen molar-refractivity contribution in [2.24, 2.45) is 5.92 Å². The highest BCUT2D eigenvalue weighted by molar-refractivity contribution is 5.75. The molecule has 0 aromatic carbocycles. The lowest BCUT2D eigenvalue weighted by atomic mass is 9.84. The Labute approximate surface area is 99.4 Å². The molecule has 0 aromatic rings. The molecule has 1 amide bonds. The Bertz CT molecular complexity index is 200. The van der Waals surface area contributed by atoms with Gasteiger partial charge in [-0.15, -0.1) is 0 Å². The van der Waals surface area contributed by atoms with Crippen LogP contribution in [0.25, 0.3) is 0 Å². The normalized spacial score (nSPS) is 19.4. The molecule has 0 heterocycles. The van der Waals surface area contributed by atoms with Crippen LogP contribution in [0, 0.1) is 5.92 Å². The number of rotatable bonds is 6. The van der Waals surface area contributed by atoms with Gasteiger partial charge in [0, 0.05) is 25.6 Å². The molecule has 1 rings (SSSR count). The van der Waals surface area contributed by atoms with Gasteiger partial charge in [-0.05, 0) is 32.6 Å². The van der Waals surface area contributed by atoms with Gasteiger partial charge < -0.3 is 10.6 Å². The number of hydrogen-bond donors (Lipinski definition) is 2. The summed E-state index contributed by atoms with van der Waals surface area (Å²) >= 11 is 0. The molecule has 1 fully saturated rings. The van der Waals surface area contributed by atoms with Crippen LogP contribution in [0.5, 0.6) is 0 Å². The van der Waals surface area contributed by atoms with Crippen LogP contribution in [0.2, 0.25) is 0 Å². The summed E-state index contributed by atoms with van der Waals surface area (Å²) < 4.78 is 0. The molecular formula is C13H26N2O. The third-order valence-electron chi connectivity index (χ3n) is 3.55. The minimum atomic E-state index is 0.158. The Morgan fingerprint density at radius 3 is 2.62 bits per heavy atom. The van der Waals surface area contributed by atoms with Gasteiger partial charge in [-0.25, -0.2) is 0 Å². The fourth-order valence-electron chi connectivity index (χ4n) is 2.50. The SMILES string of the molecule is CCNC(=O)CCN[C@@H](C)C1CCCCC1. The summed E-state index contributed by atoms with van der Waals surface area (Å²) in [5, 5.41) is 6.30. The number of hydrogen-bond acceptors (Lipinski definition) is 2. The highest BCUT2D eigenvalue weighted by atomic mass is 16.1. The van der Waals surface area contributed by atoms with E-state index in [9.17, 15) is 4.79 Å². The topological polar surface area (TPSA) is 41.1 Å². The van der Waals surface area contributed by atoms with E-state index in [4.69, 9.17) is 0 Å². The van der Waals surface area contributed by atoms with Crippen molar-refractivity contribution in [3.05, 3.63) is 0 Å². The summed E-state index contributed by atoms with van der Waals surface area (Å²) in [6, 6.07) is 0.565. The molecule has 0 aliphatic heterocycles. The first kappa shape index (κ1) is 13.5. The predicted molar refractivity (Wildman–Crippen MR) is 67.3 cm³/mol. The first-order valence-corrected chi connectivity index (χ1v) is 6.74. The number of carbonyl (C=O) groups excluding carboxylic acids is 1. The lowest BCUT2D eigenvalue weighted by Gasteiger charge is -2.28. The minimum Gasteiger partial charge on any atom is -0.356 e. The summed E-state index contributed by atoms with van der Waals surface area (Å²) in [6.45, 7) is 5.75. The quantitative estimate of drug-likeness (QED) is 0.728. The smallest absolute Gasteiger partial charge is 0.221 e. The molecule has 0 aromatic heterocycles. The molecule has 1 aliphatic carbocycles. The first-order valence-electron chi connectivity index (χ1n) is 6.74. The molecule has 1 saturated carbocycles. The van der Waals surface area contributed by atoms with Crippen LogP contribution in [0.15, 0.2) is 0 Å². The highest BCUT2D eigenvalue weighted by Gasteiger charge is 2.19. The predicted octanol–water partition coefficient (Wildman–Crippen LogP) is 2.07. The average Bonchev–Trinajstić information content (AvgIpc) is 2.30. The van der Waals surface area contributed by atoms with Crippen LogP contribution >= 0.6 is 0 Å². The maximum Gasteiger partial charge on any atom is 0.221 e. The number of nitrogens with one attached hydrogen (secondary N) is 2. The van der Waals surface area contributed by atoms with Crippen molar-refractivity contribution in [3.63, 3.8) is 0 Å². The van der Waals surface area contributed by atoms with Crippen LogP contribution in [0.3, 0.4) is 0 Å². The minimum absolute atomic E-state index is 0.158. The number of carbonyl (C=O) groups is 1. The van der Waals surface area contributed by atoms with Crippen molar-refractivity contribution in [1.29, 1.82) is 0 Å². The van der Waals surface area contributed by atoms with Gasteiger partial charge >= 0.3 is 0 Å².